The number of phenols is 1. The molecule has 16 heavy (non-hydrogen) atoms. The highest BCUT2D eigenvalue weighted by atomic mass is 16.5. The van der Waals surface area contributed by atoms with Crippen LogP contribution in [0.1, 0.15) is 12.0 Å². The number of hydrogen-bond donors (Lipinski definition) is 1. The molecule has 0 bridgehead atoms. The first-order valence-electron chi connectivity index (χ1n) is 5.00. The van der Waals surface area contributed by atoms with Gasteiger partial charge in [-0.15, -0.1) is 6.58 Å². The van der Waals surface area contributed by atoms with Crippen LogP contribution in [0, 0.1) is 0 Å². The van der Waals surface area contributed by atoms with Crippen LogP contribution < -0.4 is 9.47 Å². The molecule has 0 aliphatic heterocycles. The largest absolute Gasteiger partial charge is 0.504 e. The Bertz CT molecular complexity index is 383. The van der Waals surface area contributed by atoms with Crippen LogP contribution in [0.25, 0.3) is 6.08 Å². The molecule has 3 nitrogen and oxygen atoms in total. The van der Waals surface area contributed by atoms with Crippen molar-refractivity contribution in [3.05, 3.63) is 36.9 Å². The first-order valence-corrected chi connectivity index (χ1v) is 5.00. The molecule has 3 heteroatoms. The molecule has 1 aromatic rings. The lowest BCUT2D eigenvalue weighted by atomic mass is 10.1. The Morgan fingerprint density at radius 1 is 1.31 bits per heavy atom. The lowest BCUT2D eigenvalue weighted by Gasteiger charge is -2.13. The van der Waals surface area contributed by atoms with Crippen LogP contribution in [0.15, 0.2) is 31.4 Å². The van der Waals surface area contributed by atoms with Gasteiger partial charge in [0.25, 0.3) is 0 Å². The molecule has 0 radical (unpaired) electrons. The predicted molar refractivity (Wildman–Crippen MR) is 65.1 cm³/mol. The highest BCUT2D eigenvalue weighted by Crippen LogP contribution is 2.39. The van der Waals surface area contributed by atoms with Gasteiger partial charge in [-0.25, -0.2) is 0 Å². The van der Waals surface area contributed by atoms with Gasteiger partial charge in [0, 0.05) is 5.56 Å². The average Bonchev–Trinajstić information content (AvgIpc) is 2.30. The summed E-state index contributed by atoms with van der Waals surface area (Å²) < 4.78 is 10.6. The topological polar surface area (TPSA) is 38.7 Å². The molecule has 0 fully saturated rings. The summed E-state index contributed by atoms with van der Waals surface area (Å²) in [6.07, 6.45) is 4.16. The number of ether oxygens (including phenoxy) is 2. The van der Waals surface area contributed by atoms with E-state index in [0.29, 0.717) is 18.1 Å². The zero-order valence-electron chi connectivity index (χ0n) is 9.40. The van der Waals surface area contributed by atoms with Gasteiger partial charge in [-0.3, -0.25) is 0 Å². The number of benzene rings is 1. The van der Waals surface area contributed by atoms with Crippen LogP contribution in [-0.2, 0) is 0 Å². The summed E-state index contributed by atoms with van der Waals surface area (Å²) in [6, 6.07) is 3.28. The van der Waals surface area contributed by atoms with Gasteiger partial charge in [0.15, 0.2) is 11.5 Å². The van der Waals surface area contributed by atoms with Crippen molar-refractivity contribution in [2.24, 2.45) is 0 Å². The minimum Gasteiger partial charge on any atom is -0.504 e. The van der Waals surface area contributed by atoms with Crippen molar-refractivity contribution in [2.45, 2.75) is 6.42 Å². The van der Waals surface area contributed by atoms with E-state index in [2.05, 4.69) is 13.2 Å². The second-order valence-corrected chi connectivity index (χ2v) is 3.17. The van der Waals surface area contributed by atoms with Crippen LogP contribution in [-0.4, -0.2) is 18.8 Å². The van der Waals surface area contributed by atoms with Crippen LogP contribution in [0.2, 0.25) is 0 Å². The van der Waals surface area contributed by atoms with E-state index in [9.17, 15) is 5.11 Å². The standard InChI is InChI=1S/C13H16O3/c1-4-6-9-16-12-10(5-2)7-8-11(14)13(12)15-3/h4-5,7-8,14H,1-2,6,9H2,3H3. The maximum absolute atomic E-state index is 9.61. The second-order valence-electron chi connectivity index (χ2n) is 3.17. The van der Waals surface area contributed by atoms with Crippen molar-refractivity contribution in [1.82, 2.24) is 0 Å². The summed E-state index contributed by atoms with van der Waals surface area (Å²) in [5, 5.41) is 9.61. The molecule has 0 unspecified atom stereocenters. The molecular formula is C13H16O3. The van der Waals surface area contributed by atoms with Crippen molar-refractivity contribution in [1.29, 1.82) is 0 Å². The van der Waals surface area contributed by atoms with Crippen LogP contribution in [0.5, 0.6) is 17.2 Å². The van der Waals surface area contributed by atoms with Gasteiger partial charge >= 0.3 is 0 Å². The molecule has 0 aromatic heterocycles. The molecule has 0 heterocycles. The highest BCUT2D eigenvalue weighted by molar-refractivity contribution is 5.65. The maximum atomic E-state index is 9.61. The Hall–Kier alpha value is -1.90. The maximum Gasteiger partial charge on any atom is 0.203 e. The van der Waals surface area contributed by atoms with Gasteiger partial charge in [0.05, 0.1) is 13.7 Å². The zero-order chi connectivity index (χ0) is 12.0. The molecule has 0 saturated carbocycles. The van der Waals surface area contributed by atoms with E-state index in [1.54, 1.807) is 24.3 Å². The predicted octanol–water partition coefficient (Wildman–Crippen LogP) is 3.00. The summed E-state index contributed by atoms with van der Waals surface area (Å²) in [7, 11) is 1.49. The third-order valence-corrected chi connectivity index (χ3v) is 2.11. The third kappa shape index (κ3) is 2.57. The molecule has 0 atom stereocenters. The van der Waals surface area contributed by atoms with Gasteiger partial charge in [0.2, 0.25) is 5.75 Å². The summed E-state index contributed by atoms with van der Waals surface area (Å²) in [4.78, 5) is 0. The Morgan fingerprint density at radius 2 is 2.06 bits per heavy atom. The van der Waals surface area contributed by atoms with Gasteiger partial charge in [0.1, 0.15) is 0 Å². The highest BCUT2D eigenvalue weighted by Gasteiger charge is 2.13. The normalized spacial score (nSPS) is 9.56. The van der Waals surface area contributed by atoms with Gasteiger partial charge in [-0.2, -0.15) is 0 Å². The van der Waals surface area contributed by atoms with E-state index in [-0.39, 0.29) is 5.75 Å². The fourth-order valence-electron chi connectivity index (χ4n) is 1.32. The lowest BCUT2D eigenvalue weighted by Crippen LogP contribution is -2.00. The molecule has 0 aliphatic rings. The van der Waals surface area contributed by atoms with Gasteiger partial charge < -0.3 is 14.6 Å². The van der Waals surface area contributed by atoms with E-state index in [1.807, 2.05) is 0 Å². The number of hydrogen-bond acceptors (Lipinski definition) is 3. The molecule has 1 rings (SSSR count). The van der Waals surface area contributed by atoms with Crippen molar-refractivity contribution in [2.75, 3.05) is 13.7 Å². The minimum atomic E-state index is 0.0571. The molecule has 0 amide bonds. The van der Waals surface area contributed by atoms with Crippen molar-refractivity contribution >= 4 is 6.08 Å². The Kier molecular flexibility index (Phi) is 4.45. The summed E-state index contributed by atoms with van der Waals surface area (Å²) in [6.45, 7) is 7.79. The van der Waals surface area contributed by atoms with Gasteiger partial charge in [-0.05, 0) is 18.6 Å². The molecule has 0 aliphatic carbocycles. The van der Waals surface area contributed by atoms with E-state index in [4.69, 9.17) is 9.47 Å². The van der Waals surface area contributed by atoms with Crippen molar-refractivity contribution < 1.29 is 14.6 Å². The van der Waals surface area contributed by atoms with E-state index in [1.165, 1.54) is 7.11 Å². The fraction of sp³-hybridized carbons (Fsp3) is 0.231. The minimum absolute atomic E-state index is 0.0571. The van der Waals surface area contributed by atoms with E-state index < -0.39 is 0 Å². The van der Waals surface area contributed by atoms with Crippen molar-refractivity contribution in [3.8, 4) is 17.2 Å². The summed E-state index contributed by atoms with van der Waals surface area (Å²) in [5.41, 5.74) is 0.790. The molecular weight excluding hydrogens is 204 g/mol. The second kappa shape index (κ2) is 5.85. The number of rotatable bonds is 6. The molecule has 0 spiro atoms. The monoisotopic (exact) mass is 220 g/mol. The number of aromatic hydroxyl groups is 1. The van der Waals surface area contributed by atoms with Crippen LogP contribution in [0.3, 0.4) is 0 Å². The summed E-state index contributed by atoms with van der Waals surface area (Å²) in [5.74, 6) is 0.905. The van der Waals surface area contributed by atoms with Crippen LogP contribution in [0.4, 0.5) is 0 Å². The molecule has 86 valence electrons. The molecule has 1 aromatic carbocycles. The van der Waals surface area contributed by atoms with Crippen molar-refractivity contribution in [3.63, 3.8) is 0 Å². The SMILES string of the molecule is C=CCCOc1c(C=C)ccc(O)c1OC. The van der Waals surface area contributed by atoms with E-state index >= 15 is 0 Å². The fourth-order valence-corrected chi connectivity index (χ4v) is 1.32. The third-order valence-electron chi connectivity index (χ3n) is 2.11. The Morgan fingerprint density at radius 3 is 2.62 bits per heavy atom. The number of phenolic OH excluding ortho intramolecular Hbond substituents is 1. The van der Waals surface area contributed by atoms with Gasteiger partial charge in [-0.1, -0.05) is 18.7 Å². The van der Waals surface area contributed by atoms with Crippen LogP contribution >= 0.6 is 0 Å². The first kappa shape index (κ1) is 12.2. The molecule has 1 N–H and O–H groups in total. The Labute approximate surface area is 95.6 Å². The smallest absolute Gasteiger partial charge is 0.203 e. The zero-order valence-corrected chi connectivity index (χ0v) is 9.40. The average molecular weight is 220 g/mol. The van der Waals surface area contributed by atoms with E-state index in [0.717, 1.165) is 12.0 Å². The summed E-state index contributed by atoms with van der Waals surface area (Å²) >= 11 is 0. The quantitative estimate of drug-likeness (QED) is 0.591. The number of methoxy groups -OCH3 is 1. The lowest BCUT2D eigenvalue weighted by molar-refractivity contribution is 0.290. The molecule has 0 saturated heterocycles. The first-order chi connectivity index (χ1) is 7.74. The Balaban J connectivity index is 3.04.